The van der Waals surface area contributed by atoms with Crippen molar-refractivity contribution in [2.45, 2.75) is 0 Å². The van der Waals surface area contributed by atoms with Gasteiger partial charge in [-0.25, -0.2) is 8.78 Å². The fraction of sp³-hybridized carbons (Fsp3) is 0. The van der Waals surface area contributed by atoms with Crippen LogP contribution >= 0.6 is 11.3 Å². The molecular weight excluding hydrogens is 308 g/mol. The van der Waals surface area contributed by atoms with E-state index in [2.05, 4.69) is 4.74 Å². The van der Waals surface area contributed by atoms with E-state index in [-0.39, 0.29) is 21.4 Å². The molecule has 0 aliphatic carbocycles. The van der Waals surface area contributed by atoms with Crippen molar-refractivity contribution in [3.63, 3.8) is 0 Å². The standard InChI is InChI=1S/C14H6F4O2S/c15-10(16)5-20-9-4-2-7-6-1-3-8(19)11(17)13(6)21-14(7)12(9)18/h1-5,19H. The van der Waals surface area contributed by atoms with Crippen LogP contribution in [0.15, 0.2) is 36.6 Å². The van der Waals surface area contributed by atoms with Crippen molar-refractivity contribution in [3.8, 4) is 11.5 Å². The molecule has 21 heavy (non-hydrogen) atoms. The molecule has 0 fully saturated rings. The topological polar surface area (TPSA) is 29.5 Å². The Balaban J connectivity index is 2.27. The number of thiophene rings is 1. The van der Waals surface area contributed by atoms with Crippen molar-refractivity contribution in [1.82, 2.24) is 0 Å². The zero-order valence-electron chi connectivity index (χ0n) is 10.2. The highest BCUT2D eigenvalue weighted by molar-refractivity contribution is 7.25. The predicted molar refractivity (Wildman–Crippen MR) is 71.8 cm³/mol. The summed E-state index contributed by atoms with van der Waals surface area (Å²) in [5.41, 5.74) is 0. The van der Waals surface area contributed by atoms with Gasteiger partial charge >= 0.3 is 6.08 Å². The number of halogens is 4. The van der Waals surface area contributed by atoms with E-state index in [0.29, 0.717) is 10.8 Å². The maximum absolute atomic E-state index is 14.2. The lowest BCUT2D eigenvalue weighted by molar-refractivity contribution is 0.357. The molecule has 0 amide bonds. The fourth-order valence-electron chi connectivity index (χ4n) is 2.01. The number of hydrogen-bond acceptors (Lipinski definition) is 3. The Morgan fingerprint density at radius 2 is 1.62 bits per heavy atom. The summed E-state index contributed by atoms with van der Waals surface area (Å²) in [6.45, 7) is 0. The molecular formula is C14H6F4O2S. The summed E-state index contributed by atoms with van der Waals surface area (Å²) in [6, 6.07) is 5.28. The molecule has 3 rings (SSSR count). The van der Waals surface area contributed by atoms with Crippen LogP contribution in [-0.2, 0) is 0 Å². The van der Waals surface area contributed by atoms with Crippen molar-refractivity contribution >= 4 is 31.5 Å². The zero-order chi connectivity index (χ0) is 15.1. The Hall–Kier alpha value is -2.28. The first kappa shape index (κ1) is 13.7. The van der Waals surface area contributed by atoms with Gasteiger partial charge in [-0.2, -0.15) is 8.78 Å². The van der Waals surface area contributed by atoms with Gasteiger partial charge in [0, 0.05) is 10.8 Å². The van der Waals surface area contributed by atoms with E-state index in [1.165, 1.54) is 24.3 Å². The predicted octanol–water partition coefficient (Wildman–Crippen LogP) is 5.16. The van der Waals surface area contributed by atoms with E-state index in [1.807, 2.05) is 0 Å². The Morgan fingerprint density at radius 3 is 2.29 bits per heavy atom. The van der Waals surface area contributed by atoms with E-state index in [0.717, 1.165) is 11.3 Å². The number of phenols is 1. The minimum Gasteiger partial charge on any atom is -0.505 e. The van der Waals surface area contributed by atoms with E-state index in [4.69, 9.17) is 0 Å². The average Bonchev–Trinajstić information content (AvgIpc) is 2.82. The third kappa shape index (κ3) is 2.19. The smallest absolute Gasteiger partial charge is 0.305 e. The van der Waals surface area contributed by atoms with E-state index >= 15 is 0 Å². The Morgan fingerprint density at radius 1 is 1.00 bits per heavy atom. The molecule has 0 atom stereocenters. The molecule has 0 spiro atoms. The number of ether oxygens (including phenoxy) is 1. The highest BCUT2D eigenvalue weighted by atomic mass is 32.1. The molecule has 108 valence electrons. The molecule has 0 aliphatic rings. The Bertz CT molecular complexity index is 882. The number of phenolic OH excluding ortho intramolecular Hbond substituents is 1. The van der Waals surface area contributed by atoms with Gasteiger partial charge in [0.1, 0.15) is 0 Å². The summed E-state index contributed by atoms with van der Waals surface area (Å²) in [4.78, 5) is 0. The quantitative estimate of drug-likeness (QED) is 0.523. The molecule has 0 saturated heterocycles. The zero-order valence-corrected chi connectivity index (χ0v) is 11.0. The lowest BCUT2D eigenvalue weighted by atomic mass is 10.1. The minimum atomic E-state index is -2.10. The molecule has 7 heteroatoms. The second-order valence-electron chi connectivity index (χ2n) is 4.16. The van der Waals surface area contributed by atoms with Gasteiger partial charge < -0.3 is 9.84 Å². The molecule has 2 nitrogen and oxygen atoms in total. The van der Waals surface area contributed by atoms with Gasteiger partial charge in [-0.1, -0.05) is 0 Å². The van der Waals surface area contributed by atoms with Crippen molar-refractivity contribution in [3.05, 3.63) is 48.2 Å². The summed E-state index contributed by atoms with van der Waals surface area (Å²) < 4.78 is 56.7. The largest absolute Gasteiger partial charge is 0.505 e. The molecule has 1 aromatic heterocycles. The fourth-order valence-corrected chi connectivity index (χ4v) is 3.17. The van der Waals surface area contributed by atoms with Gasteiger partial charge in [-0.15, -0.1) is 11.3 Å². The molecule has 1 N–H and O–H groups in total. The van der Waals surface area contributed by atoms with Crippen molar-refractivity contribution < 1.29 is 27.4 Å². The van der Waals surface area contributed by atoms with Crippen molar-refractivity contribution in [1.29, 1.82) is 0 Å². The molecule has 0 aliphatic heterocycles. The lowest BCUT2D eigenvalue weighted by Gasteiger charge is -2.02. The first-order chi connectivity index (χ1) is 9.99. The second-order valence-corrected chi connectivity index (χ2v) is 5.18. The maximum atomic E-state index is 14.2. The van der Waals surface area contributed by atoms with Crippen LogP contribution in [-0.4, -0.2) is 5.11 Å². The lowest BCUT2D eigenvalue weighted by Crippen LogP contribution is -1.87. The van der Waals surface area contributed by atoms with Gasteiger partial charge in [0.25, 0.3) is 0 Å². The first-order valence-electron chi connectivity index (χ1n) is 5.69. The van der Waals surface area contributed by atoms with Crippen LogP contribution in [0.3, 0.4) is 0 Å². The Kier molecular flexibility index (Phi) is 3.21. The van der Waals surface area contributed by atoms with Gasteiger partial charge in [0.15, 0.2) is 29.4 Å². The van der Waals surface area contributed by atoms with Crippen LogP contribution in [0, 0.1) is 11.6 Å². The molecule has 3 aromatic rings. The average molecular weight is 314 g/mol. The summed E-state index contributed by atoms with van der Waals surface area (Å²) in [5, 5.41) is 10.2. The van der Waals surface area contributed by atoms with E-state index < -0.39 is 23.5 Å². The number of fused-ring (bicyclic) bond motifs is 3. The number of benzene rings is 2. The summed E-state index contributed by atoms with van der Waals surface area (Å²) in [7, 11) is 0. The summed E-state index contributed by atoms with van der Waals surface area (Å²) in [5.74, 6) is -2.62. The highest BCUT2D eigenvalue weighted by Gasteiger charge is 2.17. The van der Waals surface area contributed by atoms with Crippen molar-refractivity contribution in [2.75, 3.05) is 0 Å². The number of hydrogen-bond donors (Lipinski definition) is 1. The Labute approximate surface area is 119 Å². The van der Waals surface area contributed by atoms with E-state index in [9.17, 15) is 22.7 Å². The molecule has 0 saturated carbocycles. The minimum absolute atomic E-state index is 0.0691. The van der Waals surface area contributed by atoms with E-state index in [1.54, 1.807) is 0 Å². The van der Waals surface area contributed by atoms with Crippen LogP contribution in [0.5, 0.6) is 11.5 Å². The van der Waals surface area contributed by atoms with Gasteiger partial charge in [0.05, 0.1) is 9.40 Å². The van der Waals surface area contributed by atoms with Crippen LogP contribution in [0.4, 0.5) is 17.6 Å². The summed E-state index contributed by atoms with van der Waals surface area (Å²) >= 11 is 0.779. The van der Waals surface area contributed by atoms with Gasteiger partial charge in [-0.05, 0) is 24.3 Å². The SMILES string of the molecule is Oc1ccc2c(sc3c(F)c(OC=C(F)F)ccc32)c1F. The van der Waals surface area contributed by atoms with Crippen molar-refractivity contribution in [2.24, 2.45) is 0 Å². The van der Waals surface area contributed by atoms with Crippen LogP contribution < -0.4 is 4.74 Å². The third-order valence-electron chi connectivity index (χ3n) is 2.91. The molecule has 1 heterocycles. The van der Waals surface area contributed by atoms with Gasteiger partial charge in [0.2, 0.25) is 0 Å². The third-order valence-corrected chi connectivity index (χ3v) is 4.11. The molecule has 0 unspecified atom stereocenters. The van der Waals surface area contributed by atoms with Gasteiger partial charge in [-0.3, -0.25) is 0 Å². The summed E-state index contributed by atoms with van der Waals surface area (Å²) in [6.07, 6.45) is -1.97. The second kappa shape index (κ2) is 4.92. The van der Waals surface area contributed by atoms with Crippen LogP contribution in [0.2, 0.25) is 0 Å². The van der Waals surface area contributed by atoms with Crippen LogP contribution in [0.25, 0.3) is 20.2 Å². The normalized spacial score (nSPS) is 11.0. The highest BCUT2D eigenvalue weighted by Crippen LogP contribution is 2.41. The molecule has 0 radical (unpaired) electrons. The molecule has 0 bridgehead atoms. The molecule has 2 aromatic carbocycles. The maximum Gasteiger partial charge on any atom is 0.305 e. The van der Waals surface area contributed by atoms with Crippen LogP contribution in [0.1, 0.15) is 0 Å². The monoisotopic (exact) mass is 314 g/mol. The first-order valence-corrected chi connectivity index (χ1v) is 6.50. The number of aromatic hydroxyl groups is 1. The number of rotatable bonds is 2.